The lowest BCUT2D eigenvalue weighted by Crippen LogP contribution is -2.38. The highest BCUT2D eigenvalue weighted by Gasteiger charge is 2.31. The Hall–Kier alpha value is -3.97. The molecule has 2 aliphatic rings. The van der Waals surface area contributed by atoms with Gasteiger partial charge in [-0.05, 0) is 73.8 Å². The topological polar surface area (TPSA) is 73.0 Å². The van der Waals surface area contributed by atoms with E-state index in [0.29, 0.717) is 34.1 Å². The lowest BCUT2D eigenvalue weighted by molar-refractivity contribution is -0.110. The Kier molecular flexibility index (Phi) is 6.00. The molecule has 0 atom stereocenters. The van der Waals surface area contributed by atoms with Gasteiger partial charge >= 0.3 is 0 Å². The molecule has 1 aromatic heterocycles. The Morgan fingerprint density at radius 2 is 1.92 bits per heavy atom. The van der Waals surface area contributed by atoms with Gasteiger partial charge in [-0.15, -0.1) is 0 Å². The zero-order chi connectivity index (χ0) is 25.5. The molecular formula is C30H30FN5O. The van der Waals surface area contributed by atoms with E-state index in [2.05, 4.69) is 27.4 Å². The van der Waals surface area contributed by atoms with Crippen molar-refractivity contribution in [2.75, 3.05) is 30.3 Å². The zero-order valence-electron chi connectivity index (χ0n) is 21.1. The smallest absolute Gasteiger partial charge is 0.257 e. The van der Waals surface area contributed by atoms with E-state index in [-0.39, 0.29) is 11.7 Å². The largest absolute Gasteiger partial charge is 0.382 e. The van der Waals surface area contributed by atoms with Crippen LogP contribution in [0.1, 0.15) is 42.3 Å². The summed E-state index contributed by atoms with van der Waals surface area (Å²) in [5.41, 5.74) is 6.37. The molecule has 3 aromatic carbocycles. The molecule has 1 fully saturated rings. The average Bonchev–Trinajstić information content (AvgIpc) is 3.47. The number of aromatic nitrogens is 2. The Labute approximate surface area is 215 Å². The van der Waals surface area contributed by atoms with E-state index in [9.17, 15) is 9.18 Å². The van der Waals surface area contributed by atoms with Crippen LogP contribution in [0.25, 0.3) is 22.2 Å². The summed E-state index contributed by atoms with van der Waals surface area (Å²) < 4.78 is 14.8. The first kappa shape index (κ1) is 23.4. The van der Waals surface area contributed by atoms with E-state index in [0.717, 1.165) is 60.4 Å². The first-order chi connectivity index (χ1) is 18.0. The molecule has 0 spiro atoms. The van der Waals surface area contributed by atoms with Crippen LogP contribution in [0, 0.1) is 12.7 Å². The van der Waals surface area contributed by atoms with Gasteiger partial charge in [0.05, 0.1) is 16.6 Å². The van der Waals surface area contributed by atoms with Crippen molar-refractivity contribution < 1.29 is 9.18 Å². The summed E-state index contributed by atoms with van der Waals surface area (Å²) in [6, 6.07) is 19.2. The number of H-pyrrole nitrogens is 1. The molecule has 0 bridgehead atoms. The molecule has 0 saturated carbocycles. The standard InChI is InChI=1S/C30H30FN5O/c1-3-36-14-12-20(13-15-36)32-21-10-11-24-22(17-21)28(30(37)35-24)27(19-9-8-18(2)23(31)16-19)29-33-25-6-4-5-7-26(25)34-29/h4-11,16-17,20,32H,3,12-15H2,1-2H3,(H,33,34)(H,35,37)/b28-27-. The van der Waals surface area contributed by atoms with Gasteiger partial charge in [-0.2, -0.15) is 0 Å². The van der Waals surface area contributed by atoms with E-state index >= 15 is 0 Å². The van der Waals surface area contributed by atoms with Gasteiger partial charge in [-0.1, -0.05) is 31.2 Å². The van der Waals surface area contributed by atoms with Crippen molar-refractivity contribution in [2.24, 2.45) is 0 Å². The summed E-state index contributed by atoms with van der Waals surface area (Å²) in [6.45, 7) is 7.18. The molecule has 0 radical (unpaired) electrons. The van der Waals surface area contributed by atoms with Crippen LogP contribution in [0.5, 0.6) is 0 Å². The van der Waals surface area contributed by atoms with Crippen molar-refractivity contribution in [1.29, 1.82) is 0 Å². The summed E-state index contributed by atoms with van der Waals surface area (Å²) in [5, 5.41) is 6.68. The maximum Gasteiger partial charge on any atom is 0.257 e. The van der Waals surface area contributed by atoms with E-state index in [1.54, 1.807) is 13.0 Å². The highest BCUT2D eigenvalue weighted by molar-refractivity contribution is 6.38. The van der Waals surface area contributed by atoms with Gasteiger partial charge in [0.2, 0.25) is 0 Å². The fourth-order valence-electron chi connectivity index (χ4n) is 5.35. The number of imidazole rings is 1. The van der Waals surface area contributed by atoms with Gasteiger partial charge in [-0.3, -0.25) is 4.79 Å². The van der Waals surface area contributed by atoms with Crippen molar-refractivity contribution in [2.45, 2.75) is 32.7 Å². The summed E-state index contributed by atoms with van der Waals surface area (Å²) >= 11 is 0. The van der Waals surface area contributed by atoms with Crippen LogP contribution in [0.4, 0.5) is 15.8 Å². The Balaban J connectivity index is 1.47. The number of likely N-dealkylation sites (tertiary alicyclic amines) is 1. The van der Waals surface area contributed by atoms with Crippen LogP contribution in [0.3, 0.4) is 0 Å². The monoisotopic (exact) mass is 495 g/mol. The van der Waals surface area contributed by atoms with Crippen molar-refractivity contribution >= 4 is 39.5 Å². The summed E-state index contributed by atoms with van der Waals surface area (Å²) in [5.74, 6) is -0.00762. The van der Waals surface area contributed by atoms with Crippen LogP contribution >= 0.6 is 0 Å². The van der Waals surface area contributed by atoms with Gasteiger partial charge in [0.15, 0.2) is 0 Å². The lowest BCUT2D eigenvalue weighted by Gasteiger charge is -2.32. The lowest BCUT2D eigenvalue weighted by atomic mass is 9.93. The van der Waals surface area contributed by atoms with E-state index in [4.69, 9.17) is 4.98 Å². The molecule has 1 amide bonds. The summed E-state index contributed by atoms with van der Waals surface area (Å²) in [7, 11) is 0. The van der Waals surface area contributed by atoms with Gasteiger partial charge in [-0.25, -0.2) is 9.37 Å². The number of fused-ring (bicyclic) bond motifs is 2. The minimum absolute atomic E-state index is 0.222. The number of amides is 1. The van der Waals surface area contributed by atoms with Crippen LogP contribution in [-0.4, -0.2) is 46.5 Å². The fourth-order valence-corrected chi connectivity index (χ4v) is 5.35. The average molecular weight is 496 g/mol. The Morgan fingerprint density at radius 1 is 1.11 bits per heavy atom. The molecule has 1 saturated heterocycles. The highest BCUT2D eigenvalue weighted by atomic mass is 19.1. The van der Waals surface area contributed by atoms with Gasteiger partial charge in [0.1, 0.15) is 11.6 Å². The fraction of sp³-hybridized carbons (Fsp3) is 0.267. The molecule has 4 aromatic rings. The van der Waals surface area contributed by atoms with Crippen LogP contribution in [0.15, 0.2) is 60.7 Å². The number of hydrogen-bond donors (Lipinski definition) is 3. The molecule has 6 nitrogen and oxygen atoms in total. The number of carbonyl (C=O) groups is 1. The molecule has 2 aliphatic heterocycles. The molecule has 37 heavy (non-hydrogen) atoms. The first-order valence-corrected chi connectivity index (χ1v) is 12.9. The number of piperidine rings is 1. The van der Waals surface area contributed by atoms with E-state index < -0.39 is 0 Å². The Bertz CT molecular complexity index is 1500. The molecular weight excluding hydrogens is 465 g/mol. The van der Waals surface area contributed by atoms with Crippen LogP contribution in [0.2, 0.25) is 0 Å². The first-order valence-electron chi connectivity index (χ1n) is 12.9. The summed E-state index contributed by atoms with van der Waals surface area (Å²) in [6.07, 6.45) is 2.16. The minimum atomic E-state index is -0.320. The highest BCUT2D eigenvalue weighted by Crippen LogP contribution is 2.41. The van der Waals surface area contributed by atoms with Crippen LogP contribution < -0.4 is 10.6 Å². The number of aryl methyl sites for hydroxylation is 1. The third-order valence-electron chi connectivity index (χ3n) is 7.51. The summed E-state index contributed by atoms with van der Waals surface area (Å²) in [4.78, 5) is 24.0. The zero-order valence-corrected chi connectivity index (χ0v) is 21.1. The predicted octanol–water partition coefficient (Wildman–Crippen LogP) is 5.82. The van der Waals surface area contributed by atoms with Crippen molar-refractivity contribution in [3.63, 3.8) is 0 Å². The number of aromatic amines is 1. The third-order valence-corrected chi connectivity index (χ3v) is 7.51. The number of nitrogens with zero attached hydrogens (tertiary/aromatic N) is 2. The molecule has 6 rings (SSSR count). The van der Waals surface area contributed by atoms with Crippen LogP contribution in [-0.2, 0) is 4.79 Å². The number of rotatable bonds is 5. The molecule has 0 aliphatic carbocycles. The second-order valence-electron chi connectivity index (χ2n) is 9.88. The number of anilines is 2. The van der Waals surface area contributed by atoms with Crippen molar-refractivity contribution in [3.8, 4) is 0 Å². The second kappa shape index (κ2) is 9.48. The number of nitrogens with one attached hydrogen (secondary N) is 3. The van der Waals surface area contributed by atoms with Crippen molar-refractivity contribution in [1.82, 2.24) is 14.9 Å². The number of hydrogen-bond acceptors (Lipinski definition) is 4. The maximum atomic E-state index is 14.8. The normalized spacial score (nSPS) is 17.6. The molecule has 3 N–H and O–H groups in total. The third kappa shape index (κ3) is 4.40. The van der Waals surface area contributed by atoms with Crippen molar-refractivity contribution in [3.05, 3.63) is 89.0 Å². The number of benzene rings is 3. The number of halogens is 1. The van der Waals surface area contributed by atoms with Gasteiger partial charge < -0.3 is 20.5 Å². The van der Waals surface area contributed by atoms with E-state index in [1.807, 2.05) is 48.5 Å². The SMILES string of the molecule is CCN1CCC(Nc2ccc3c(c2)/C(=C(\c2ccc(C)c(F)c2)c2nc4ccccc4[nH]2)C(=O)N3)CC1. The molecule has 188 valence electrons. The van der Waals surface area contributed by atoms with Gasteiger partial charge in [0.25, 0.3) is 5.91 Å². The molecule has 3 heterocycles. The van der Waals surface area contributed by atoms with E-state index in [1.165, 1.54) is 6.07 Å². The maximum absolute atomic E-state index is 14.8. The minimum Gasteiger partial charge on any atom is -0.382 e. The predicted molar refractivity (Wildman–Crippen MR) is 147 cm³/mol. The molecule has 7 heteroatoms. The van der Waals surface area contributed by atoms with Gasteiger partial charge in [0, 0.05) is 41.6 Å². The second-order valence-corrected chi connectivity index (χ2v) is 9.88. The molecule has 0 unspecified atom stereocenters. The number of para-hydroxylation sites is 2. The number of carbonyl (C=O) groups excluding carboxylic acids is 1. The Morgan fingerprint density at radius 3 is 2.68 bits per heavy atom. The quantitative estimate of drug-likeness (QED) is 0.305.